The smallest absolute Gasteiger partial charge is 0.0512 e. The third-order valence-corrected chi connectivity index (χ3v) is 4.87. The lowest BCUT2D eigenvalue weighted by atomic mass is 10.1. The van der Waals surface area contributed by atoms with Crippen LogP contribution in [-0.4, -0.2) is 15.2 Å². The minimum atomic E-state index is -0.822. The molecule has 0 aliphatic rings. The van der Waals surface area contributed by atoms with Crippen molar-refractivity contribution < 1.29 is 4.21 Å². The Morgan fingerprint density at radius 1 is 1.24 bits per heavy atom. The van der Waals surface area contributed by atoms with Crippen molar-refractivity contribution in [3.63, 3.8) is 0 Å². The second kappa shape index (κ2) is 7.62. The standard InChI is InChI=1S/C14H23NOS/c1-3-4-8-11-17(16)12(2)14(15)13-9-6-5-7-10-13/h5-7,9-10,12,14H,3-4,8,11,15H2,1-2H3. The quantitative estimate of drug-likeness (QED) is 0.759. The van der Waals surface area contributed by atoms with Gasteiger partial charge in [0.1, 0.15) is 0 Å². The maximum atomic E-state index is 12.1. The average molecular weight is 253 g/mol. The molecule has 2 nitrogen and oxygen atoms in total. The van der Waals surface area contributed by atoms with Crippen molar-refractivity contribution in [3.05, 3.63) is 35.9 Å². The molecule has 1 aromatic rings. The summed E-state index contributed by atoms with van der Waals surface area (Å²) in [4.78, 5) is 0. The van der Waals surface area contributed by atoms with E-state index < -0.39 is 10.8 Å². The fraction of sp³-hybridized carbons (Fsp3) is 0.571. The van der Waals surface area contributed by atoms with Crippen LogP contribution in [0.3, 0.4) is 0 Å². The minimum absolute atomic E-state index is 0.0225. The molecule has 17 heavy (non-hydrogen) atoms. The number of benzene rings is 1. The van der Waals surface area contributed by atoms with Gasteiger partial charge in [0.25, 0.3) is 0 Å². The molecule has 96 valence electrons. The molecule has 1 aromatic carbocycles. The van der Waals surface area contributed by atoms with Gasteiger partial charge < -0.3 is 5.73 Å². The maximum absolute atomic E-state index is 12.1. The summed E-state index contributed by atoms with van der Waals surface area (Å²) in [7, 11) is -0.822. The van der Waals surface area contributed by atoms with Gasteiger partial charge in [-0.2, -0.15) is 0 Å². The summed E-state index contributed by atoms with van der Waals surface area (Å²) < 4.78 is 12.1. The third kappa shape index (κ3) is 4.60. The van der Waals surface area contributed by atoms with E-state index in [2.05, 4.69) is 6.92 Å². The molecule has 0 aliphatic carbocycles. The Labute approximate surface area is 107 Å². The lowest BCUT2D eigenvalue weighted by Gasteiger charge is -2.19. The highest BCUT2D eigenvalue weighted by molar-refractivity contribution is 7.85. The minimum Gasteiger partial charge on any atom is -0.323 e. The van der Waals surface area contributed by atoms with Crippen molar-refractivity contribution in [2.45, 2.75) is 44.4 Å². The lowest BCUT2D eigenvalue weighted by Crippen LogP contribution is -2.28. The van der Waals surface area contributed by atoms with Crippen LogP contribution in [-0.2, 0) is 10.8 Å². The monoisotopic (exact) mass is 253 g/mol. The van der Waals surface area contributed by atoms with Gasteiger partial charge in [-0.3, -0.25) is 4.21 Å². The predicted molar refractivity (Wildman–Crippen MR) is 75.4 cm³/mol. The van der Waals surface area contributed by atoms with Crippen LogP contribution < -0.4 is 5.73 Å². The van der Waals surface area contributed by atoms with Crippen LogP contribution >= 0.6 is 0 Å². The molecule has 0 aromatic heterocycles. The van der Waals surface area contributed by atoms with E-state index in [1.807, 2.05) is 37.3 Å². The number of rotatable bonds is 7. The van der Waals surface area contributed by atoms with Crippen LogP contribution in [0.15, 0.2) is 30.3 Å². The highest BCUT2D eigenvalue weighted by Gasteiger charge is 2.20. The molecule has 0 radical (unpaired) electrons. The van der Waals surface area contributed by atoms with Gasteiger partial charge in [0, 0.05) is 22.6 Å². The Bertz CT molecular complexity index is 339. The summed E-state index contributed by atoms with van der Waals surface area (Å²) >= 11 is 0. The van der Waals surface area contributed by atoms with E-state index in [1.54, 1.807) is 0 Å². The highest BCUT2D eigenvalue weighted by atomic mass is 32.2. The lowest BCUT2D eigenvalue weighted by molar-refractivity contribution is 0.638. The number of unbranched alkanes of at least 4 members (excludes halogenated alkanes) is 2. The Morgan fingerprint density at radius 2 is 1.88 bits per heavy atom. The highest BCUT2D eigenvalue weighted by Crippen LogP contribution is 2.18. The molecule has 0 fully saturated rings. The molecule has 0 saturated carbocycles. The second-order valence-corrected chi connectivity index (χ2v) is 6.35. The number of hydrogen-bond acceptors (Lipinski definition) is 2. The van der Waals surface area contributed by atoms with E-state index in [0.717, 1.165) is 30.6 Å². The van der Waals surface area contributed by atoms with E-state index in [4.69, 9.17) is 5.73 Å². The third-order valence-electron chi connectivity index (χ3n) is 3.05. The molecule has 0 heterocycles. The first-order valence-electron chi connectivity index (χ1n) is 6.34. The van der Waals surface area contributed by atoms with Gasteiger partial charge in [0.2, 0.25) is 0 Å². The Kier molecular flexibility index (Phi) is 6.45. The summed E-state index contributed by atoms with van der Waals surface area (Å²) in [5.74, 6) is 0.773. The van der Waals surface area contributed by atoms with Crippen molar-refractivity contribution in [2.24, 2.45) is 5.73 Å². The largest absolute Gasteiger partial charge is 0.323 e. The fourth-order valence-corrected chi connectivity index (χ4v) is 3.13. The van der Waals surface area contributed by atoms with Gasteiger partial charge in [0.15, 0.2) is 0 Å². The van der Waals surface area contributed by atoms with Crippen molar-refractivity contribution >= 4 is 10.8 Å². The van der Waals surface area contributed by atoms with Gasteiger partial charge in [-0.05, 0) is 18.9 Å². The number of nitrogens with two attached hydrogens (primary N) is 1. The molecule has 0 spiro atoms. The summed E-state index contributed by atoms with van der Waals surface area (Å²) in [5.41, 5.74) is 7.22. The topological polar surface area (TPSA) is 43.1 Å². The zero-order chi connectivity index (χ0) is 12.7. The zero-order valence-electron chi connectivity index (χ0n) is 10.8. The van der Waals surface area contributed by atoms with E-state index in [0.29, 0.717) is 0 Å². The van der Waals surface area contributed by atoms with Crippen LogP contribution in [0.1, 0.15) is 44.7 Å². The average Bonchev–Trinajstić information content (AvgIpc) is 2.38. The van der Waals surface area contributed by atoms with E-state index in [9.17, 15) is 4.21 Å². The molecule has 0 saturated heterocycles. The zero-order valence-corrected chi connectivity index (χ0v) is 11.6. The summed E-state index contributed by atoms with van der Waals surface area (Å²) in [6, 6.07) is 9.80. The molecule has 0 aliphatic heterocycles. The molecule has 2 N–H and O–H groups in total. The predicted octanol–water partition coefficient (Wildman–Crippen LogP) is 3.01. The first kappa shape index (κ1) is 14.4. The molecule has 0 amide bonds. The molecule has 1 rings (SSSR count). The van der Waals surface area contributed by atoms with Gasteiger partial charge in [0.05, 0.1) is 5.25 Å². The van der Waals surface area contributed by atoms with Crippen molar-refractivity contribution in [1.29, 1.82) is 0 Å². The molecule has 3 heteroatoms. The number of hydrogen-bond donors (Lipinski definition) is 1. The van der Waals surface area contributed by atoms with Crippen LogP contribution in [0.5, 0.6) is 0 Å². The maximum Gasteiger partial charge on any atom is 0.0512 e. The second-order valence-electron chi connectivity index (χ2n) is 4.43. The summed E-state index contributed by atoms with van der Waals surface area (Å²) in [6.45, 7) is 4.14. The molecule has 0 bridgehead atoms. The van der Waals surface area contributed by atoms with Gasteiger partial charge in [-0.25, -0.2) is 0 Å². The van der Waals surface area contributed by atoms with Crippen LogP contribution in [0.2, 0.25) is 0 Å². The normalized spacial score (nSPS) is 16.4. The first-order chi connectivity index (χ1) is 8.16. The van der Waals surface area contributed by atoms with Crippen molar-refractivity contribution in [3.8, 4) is 0 Å². The van der Waals surface area contributed by atoms with Gasteiger partial charge >= 0.3 is 0 Å². The summed E-state index contributed by atoms with van der Waals surface area (Å²) in [6.07, 6.45) is 3.35. The molecule has 3 unspecified atom stereocenters. The van der Waals surface area contributed by atoms with Gasteiger partial charge in [-0.1, -0.05) is 50.1 Å². The molecular weight excluding hydrogens is 230 g/mol. The van der Waals surface area contributed by atoms with E-state index in [-0.39, 0.29) is 11.3 Å². The molecule has 3 atom stereocenters. The van der Waals surface area contributed by atoms with Crippen LogP contribution in [0.4, 0.5) is 0 Å². The Morgan fingerprint density at radius 3 is 2.47 bits per heavy atom. The Hall–Kier alpha value is -0.670. The first-order valence-corrected chi connectivity index (χ1v) is 7.72. The molecular formula is C14H23NOS. The van der Waals surface area contributed by atoms with E-state index in [1.165, 1.54) is 0 Å². The van der Waals surface area contributed by atoms with Crippen molar-refractivity contribution in [2.75, 3.05) is 5.75 Å². The van der Waals surface area contributed by atoms with Crippen molar-refractivity contribution in [1.82, 2.24) is 0 Å². The van der Waals surface area contributed by atoms with Crippen LogP contribution in [0.25, 0.3) is 0 Å². The summed E-state index contributed by atoms with van der Waals surface area (Å²) in [5, 5.41) is 0.0225. The van der Waals surface area contributed by atoms with E-state index >= 15 is 0 Å². The van der Waals surface area contributed by atoms with Crippen LogP contribution in [0, 0.1) is 0 Å². The fourth-order valence-electron chi connectivity index (χ4n) is 1.79. The van der Waals surface area contributed by atoms with Gasteiger partial charge in [-0.15, -0.1) is 0 Å². The Balaban J connectivity index is 2.51. The SMILES string of the molecule is CCCCCS(=O)C(C)C(N)c1ccccc1.